The molecule has 3 rings (SSSR count). The van der Waals surface area contributed by atoms with Crippen molar-refractivity contribution in [3.8, 4) is 0 Å². The third-order valence-electron chi connectivity index (χ3n) is 3.99. The number of anilines is 1. The number of primary amides is 1. The quantitative estimate of drug-likeness (QED) is 0.593. The van der Waals surface area contributed by atoms with Crippen LogP contribution in [0.4, 0.5) is 5.95 Å². The number of aromatic nitrogens is 3. The summed E-state index contributed by atoms with van der Waals surface area (Å²) in [5, 5.41) is 9.01. The zero-order valence-electron chi connectivity index (χ0n) is 14.1. The number of nitrogens with zero attached hydrogens (tertiary/aromatic N) is 3. The van der Waals surface area contributed by atoms with Crippen LogP contribution in [0.2, 0.25) is 5.02 Å². The van der Waals surface area contributed by atoms with Crippen LogP contribution in [0, 0.1) is 0 Å². The molecule has 2 heterocycles. The van der Waals surface area contributed by atoms with Gasteiger partial charge in [0.15, 0.2) is 0 Å². The number of nitrogens with two attached hydrogens (primary N) is 1. The van der Waals surface area contributed by atoms with Gasteiger partial charge in [-0.1, -0.05) is 48.8 Å². The second-order valence-electron chi connectivity index (χ2n) is 5.85. The Bertz CT molecular complexity index is 832. The molecule has 1 amide bonds. The van der Waals surface area contributed by atoms with Crippen LogP contribution < -0.4 is 11.1 Å². The first-order chi connectivity index (χ1) is 12.0. The van der Waals surface area contributed by atoms with Crippen molar-refractivity contribution in [3.05, 3.63) is 46.1 Å². The van der Waals surface area contributed by atoms with Crippen molar-refractivity contribution in [1.82, 2.24) is 14.8 Å². The fourth-order valence-electron chi connectivity index (χ4n) is 2.80. The van der Waals surface area contributed by atoms with Crippen LogP contribution in [0.1, 0.15) is 38.3 Å². The minimum absolute atomic E-state index is 0.444. The Morgan fingerprint density at radius 3 is 2.96 bits per heavy atom. The maximum absolute atomic E-state index is 12.1. The molecule has 1 aliphatic rings. The molecule has 0 fully saturated rings. The van der Waals surface area contributed by atoms with E-state index in [-0.39, 0.29) is 0 Å². The number of benzene rings is 1. The van der Waals surface area contributed by atoms with E-state index in [1.165, 1.54) is 0 Å². The van der Waals surface area contributed by atoms with E-state index in [4.69, 9.17) is 17.3 Å². The lowest BCUT2D eigenvalue weighted by molar-refractivity contribution is -0.115. The summed E-state index contributed by atoms with van der Waals surface area (Å²) in [6.07, 6.45) is 2.22. The van der Waals surface area contributed by atoms with Crippen molar-refractivity contribution >= 4 is 35.2 Å². The number of rotatable bonds is 6. The molecule has 132 valence electrons. The average Bonchev–Trinajstić information content (AvgIpc) is 2.95. The summed E-state index contributed by atoms with van der Waals surface area (Å²) in [5.74, 6) is 1.07. The van der Waals surface area contributed by atoms with Gasteiger partial charge >= 0.3 is 0 Å². The number of amides is 1. The van der Waals surface area contributed by atoms with Crippen LogP contribution in [0.3, 0.4) is 0 Å². The van der Waals surface area contributed by atoms with E-state index in [1.54, 1.807) is 22.5 Å². The van der Waals surface area contributed by atoms with Crippen molar-refractivity contribution in [2.24, 2.45) is 5.73 Å². The first kappa shape index (κ1) is 17.8. The van der Waals surface area contributed by atoms with Gasteiger partial charge in [-0.2, -0.15) is 4.98 Å². The highest BCUT2D eigenvalue weighted by Crippen LogP contribution is 2.36. The fraction of sp³-hybridized carbons (Fsp3) is 0.353. The summed E-state index contributed by atoms with van der Waals surface area (Å²) in [4.78, 5) is 16.6. The van der Waals surface area contributed by atoms with E-state index in [0.717, 1.165) is 24.2 Å². The number of unbranched alkanes of at least 4 members (excludes halogenated alkanes) is 1. The van der Waals surface area contributed by atoms with E-state index in [1.807, 2.05) is 25.1 Å². The van der Waals surface area contributed by atoms with Crippen molar-refractivity contribution in [2.75, 3.05) is 11.1 Å². The van der Waals surface area contributed by atoms with Crippen LogP contribution in [-0.2, 0) is 4.79 Å². The van der Waals surface area contributed by atoms with Crippen molar-refractivity contribution in [3.63, 3.8) is 0 Å². The van der Waals surface area contributed by atoms with Crippen LogP contribution >= 0.6 is 23.4 Å². The summed E-state index contributed by atoms with van der Waals surface area (Å²) >= 11 is 7.75. The Kier molecular flexibility index (Phi) is 5.34. The summed E-state index contributed by atoms with van der Waals surface area (Å²) in [7, 11) is 0. The molecule has 1 aromatic heterocycles. The van der Waals surface area contributed by atoms with Crippen molar-refractivity contribution in [1.29, 1.82) is 0 Å². The van der Waals surface area contributed by atoms with Crippen LogP contribution in [0.5, 0.6) is 0 Å². The molecule has 0 bridgehead atoms. The van der Waals surface area contributed by atoms with Crippen LogP contribution in [0.25, 0.3) is 0 Å². The highest BCUT2D eigenvalue weighted by Gasteiger charge is 2.33. The van der Waals surface area contributed by atoms with Gasteiger partial charge in [-0.3, -0.25) is 4.79 Å². The summed E-state index contributed by atoms with van der Waals surface area (Å²) in [6.45, 7) is 3.97. The topological polar surface area (TPSA) is 85.8 Å². The minimum Gasteiger partial charge on any atom is -0.366 e. The Balaban J connectivity index is 2.05. The molecule has 6 nitrogen and oxygen atoms in total. The predicted molar refractivity (Wildman–Crippen MR) is 101 cm³/mol. The minimum atomic E-state index is -0.490. The molecule has 1 unspecified atom stereocenters. The average molecular weight is 378 g/mol. The molecule has 0 saturated heterocycles. The molecule has 1 aliphatic heterocycles. The van der Waals surface area contributed by atoms with Crippen LogP contribution in [0.15, 0.2) is 40.7 Å². The van der Waals surface area contributed by atoms with Gasteiger partial charge in [-0.25, -0.2) is 4.68 Å². The monoisotopic (exact) mass is 377 g/mol. The second-order valence-corrected chi connectivity index (χ2v) is 7.35. The van der Waals surface area contributed by atoms with Gasteiger partial charge in [0.05, 0.1) is 5.57 Å². The molecule has 0 radical (unpaired) electrons. The molecule has 1 aromatic carbocycles. The van der Waals surface area contributed by atoms with E-state index in [2.05, 4.69) is 22.3 Å². The first-order valence-electron chi connectivity index (χ1n) is 8.13. The first-order valence-corrected chi connectivity index (χ1v) is 9.50. The number of halogens is 1. The van der Waals surface area contributed by atoms with Gasteiger partial charge < -0.3 is 11.1 Å². The van der Waals surface area contributed by atoms with E-state index in [0.29, 0.717) is 27.4 Å². The second kappa shape index (κ2) is 7.49. The lowest BCUT2D eigenvalue weighted by Gasteiger charge is -2.27. The third kappa shape index (κ3) is 3.67. The molecule has 0 saturated carbocycles. The maximum Gasteiger partial charge on any atom is 0.248 e. The number of hydrogen-bond acceptors (Lipinski definition) is 5. The van der Waals surface area contributed by atoms with E-state index < -0.39 is 11.9 Å². The lowest BCUT2D eigenvalue weighted by atomic mass is 9.95. The van der Waals surface area contributed by atoms with Gasteiger partial charge in [-0.05, 0) is 31.0 Å². The predicted octanol–water partition coefficient (Wildman–Crippen LogP) is 3.60. The number of allylic oxidation sites excluding steroid dienone is 1. The highest BCUT2D eigenvalue weighted by molar-refractivity contribution is 7.99. The molecular weight excluding hydrogens is 358 g/mol. The largest absolute Gasteiger partial charge is 0.366 e. The van der Waals surface area contributed by atoms with Gasteiger partial charge in [0.2, 0.25) is 17.0 Å². The van der Waals surface area contributed by atoms with Gasteiger partial charge in [0.1, 0.15) is 6.04 Å². The molecule has 8 heteroatoms. The molecule has 3 N–H and O–H groups in total. The van der Waals surface area contributed by atoms with Crippen molar-refractivity contribution < 1.29 is 4.79 Å². The number of carbonyl (C=O) groups is 1. The van der Waals surface area contributed by atoms with Gasteiger partial charge in [-0.15, -0.1) is 5.10 Å². The smallest absolute Gasteiger partial charge is 0.248 e. The SMILES string of the molecule is CCCCSc1nc2n(n1)C(c1cccc(Cl)c1)C(C(N)=O)=C(C)N2. The zero-order chi connectivity index (χ0) is 18.0. The molecule has 0 spiro atoms. The molecule has 0 aliphatic carbocycles. The Morgan fingerprint density at radius 1 is 1.48 bits per heavy atom. The third-order valence-corrected chi connectivity index (χ3v) is 5.15. The van der Waals surface area contributed by atoms with Crippen molar-refractivity contribution in [2.45, 2.75) is 37.9 Å². The standard InChI is InChI=1S/C17H20ClN5OS/c1-3-4-8-25-17-21-16-20-10(2)13(15(19)24)14(23(16)22-17)11-6-5-7-12(18)9-11/h5-7,9,14H,3-4,8H2,1-2H3,(H2,19,24)(H,20,21,22). The zero-order valence-corrected chi connectivity index (χ0v) is 15.7. The number of hydrogen-bond donors (Lipinski definition) is 2. The summed E-state index contributed by atoms with van der Waals surface area (Å²) in [5.41, 5.74) is 7.64. The lowest BCUT2D eigenvalue weighted by Crippen LogP contribution is -2.31. The van der Waals surface area contributed by atoms with Gasteiger partial charge in [0.25, 0.3) is 0 Å². The number of thioether (sulfide) groups is 1. The van der Waals surface area contributed by atoms with E-state index >= 15 is 0 Å². The molecule has 2 aromatic rings. The molecular formula is C17H20ClN5OS. The molecule has 1 atom stereocenters. The fourth-order valence-corrected chi connectivity index (χ4v) is 3.92. The number of carbonyl (C=O) groups excluding carboxylic acids is 1. The maximum atomic E-state index is 12.1. The highest BCUT2D eigenvalue weighted by atomic mass is 35.5. The Labute approximate surface area is 155 Å². The van der Waals surface area contributed by atoms with E-state index in [9.17, 15) is 4.79 Å². The number of nitrogens with one attached hydrogen (secondary N) is 1. The summed E-state index contributed by atoms with van der Waals surface area (Å²) < 4.78 is 1.72. The number of fused-ring (bicyclic) bond motifs is 1. The summed E-state index contributed by atoms with van der Waals surface area (Å²) in [6, 6.07) is 6.93. The Hall–Kier alpha value is -1.99. The van der Waals surface area contributed by atoms with Gasteiger partial charge in [0, 0.05) is 16.5 Å². The Morgan fingerprint density at radius 2 is 2.28 bits per heavy atom. The molecule has 25 heavy (non-hydrogen) atoms. The normalized spacial score (nSPS) is 16.5. The van der Waals surface area contributed by atoms with Crippen LogP contribution in [-0.4, -0.2) is 26.4 Å².